The average molecular weight is 187 g/mol. The zero-order valence-corrected chi connectivity index (χ0v) is 6.50. The number of halogens is 2. The van der Waals surface area contributed by atoms with E-state index in [9.17, 15) is 8.78 Å². The molecule has 0 radical (unpaired) electrons. The summed E-state index contributed by atoms with van der Waals surface area (Å²) in [6.45, 7) is -2.87. The topological polar surface area (TPSA) is 72.0 Å². The minimum atomic E-state index is -2.87. The lowest BCUT2D eigenvalue weighted by atomic mass is 10.3. The summed E-state index contributed by atoms with van der Waals surface area (Å²) >= 11 is 0. The van der Waals surface area contributed by atoms with Crippen LogP contribution in [0.2, 0.25) is 0 Å². The molecule has 4 nitrogen and oxygen atoms in total. The first kappa shape index (κ1) is 9.37. The predicted molar refractivity (Wildman–Crippen MR) is 41.9 cm³/mol. The summed E-state index contributed by atoms with van der Waals surface area (Å²) in [7, 11) is 0. The van der Waals surface area contributed by atoms with Crippen molar-refractivity contribution in [3.05, 3.63) is 24.0 Å². The molecule has 0 aliphatic heterocycles. The summed E-state index contributed by atoms with van der Waals surface area (Å²) < 4.78 is 27.4. The van der Waals surface area contributed by atoms with Gasteiger partial charge in [-0.25, -0.2) is 4.98 Å². The summed E-state index contributed by atoms with van der Waals surface area (Å²) in [6.07, 6.45) is 1.09. The van der Waals surface area contributed by atoms with Gasteiger partial charge in [0, 0.05) is 0 Å². The van der Waals surface area contributed by atoms with Crippen molar-refractivity contribution in [2.24, 2.45) is 5.73 Å². The van der Waals surface area contributed by atoms with Crippen LogP contribution < -0.4 is 10.5 Å². The molecule has 0 atom stereocenters. The molecule has 0 saturated heterocycles. The molecule has 1 rings (SSSR count). The van der Waals surface area contributed by atoms with Crippen molar-refractivity contribution in [3.8, 4) is 5.75 Å². The number of amidine groups is 1. The monoisotopic (exact) mass is 187 g/mol. The largest absolute Gasteiger partial charge is 0.433 e. The molecule has 0 aliphatic rings. The summed E-state index contributed by atoms with van der Waals surface area (Å²) in [5.41, 5.74) is 5.32. The van der Waals surface area contributed by atoms with Crippen molar-refractivity contribution in [2.45, 2.75) is 6.61 Å². The van der Waals surface area contributed by atoms with E-state index in [0.717, 1.165) is 6.20 Å². The number of hydrogen-bond donors (Lipinski definition) is 2. The number of hydrogen-bond acceptors (Lipinski definition) is 3. The van der Waals surface area contributed by atoms with Gasteiger partial charge in [0.2, 0.25) is 0 Å². The molecule has 0 aromatic carbocycles. The quantitative estimate of drug-likeness (QED) is 0.547. The predicted octanol–water partition coefficient (Wildman–Crippen LogP) is 0.967. The lowest BCUT2D eigenvalue weighted by molar-refractivity contribution is -0.0500. The number of aromatic nitrogens is 1. The van der Waals surface area contributed by atoms with Gasteiger partial charge in [-0.3, -0.25) is 5.41 Å². The minimum absolute atomic E-state index is 0.0556. The fourth-order valence-electron chi connectivity index (χ4n) is 0.712. The van der Waals surface area contributed by atoms with Gasteiger partial charge >= 0.3 is 6.61 Å². The average Bonchev–Trinajstić information content (AvgIpc) is 2.04. The molecule has 1 aromatic heterocycles. The zero-order chi connectivity index (χ0) is 9.84. The molecule has 3 N–H and O–H groups in total. The molecule has 0 amide bonds. The zero-order valence-electron chi connectivity index (χ0n) is 6.50. The normalized spacial score (nSPS) is 10.1. The summed E-state index contributed by atoms with van der Waals surface area (Å²) in [5, 5.41) is 6.97. The first-order chi connectivity index (χ1) is 6.09. The highest BCUT2D eigenvalue weighted by molar-refractivity contribution is 5.92. The Kier molecular flexibility index (Phi) is 2.73. The van der Waals surface area contributed by atoms with Gasteiger partial charge in [-0.1, -0.05) is 0 Å². The fourth-order valence-corrected chi connectivity index (χ4v) is 0.712. The van der Waals surface area contributed by atoms with Crippen LogP contribution in [0.4, 0.5) is 8.78 Å². The lowest BCUT2D eigenvalue weighted by Gasteiger charge is -2.03. The Morgan fingerprint density at radius 1 is 1.54 bits per heavy atom. The molecular weight excluding hydrogens is 180 g/mol. The van der Waals surface area contributed by atoms with Crippen LogP contribution in [-0.4, -0.2) is 17.4 Å². The summed E-state index contributed by atoms with van der Waals surface area (Å²) in [5.74, 6) is -0.274. The van der Waals surface area contributed by atoms with Crippen LogP contribution in [0.25, 0.3) is 0 Å². The van der Waals surface area contributed by atoms with Crippen molar-refractivity contribution in [3.63, 3.8) is 0 Å². The van der Waals surface area contributed by atoms with Crippen molar-refractivity contribution in [1.29, 1.82) is 5.41 Å². The van der Waals surface area contributed by atoms with Crippen LogP contribution in [0.1, 0.15) is 5.69 Å². The highest BCUT2D eigenvalue weighted by Gasteiger charge is 2.04. The van der Waals surface area contributed by atoms with Crippen molar-refractivity contribution in [1.82, 2.24) is 4.98 Å². The molecule has 1 heterocycles. The Hall–Kier alpha value is -1.72. The van der Waals surface area contributed by atoms with Crippen LogP contribution >= 0.6 is 0 Å². The van der Waals surface area contributed by atoms with E-state index in [2.05, 4.69) is 9.72 Å². The van der Waals surface area contributed by atoms with Gasteiger partial charge in [-0.15, -0.1) is 0 Å². The maximum absolute atomic E-state index is 11.7. The van der Waals surface area contributed by atoms with Crippen LogP contribution in [0.15, 0.2) is 18.3 Å². The third-order valence-corrected chi connectivity index (χ3v) is 1.24. The van der Waals surface area contributed by atoms with Crippen LogP contribution in [-0.2, 0) is 0 Å². The molecule has 0 spiro atoms. The van der Waals surface area contributed by atoms with E-state index in [1.807, 2.05) is 0 Å². The second-order valence-corrected chi connectivity index (χ2v) is 2.17. The van der Waals surface area contributed by atoms with Gasteiger partial charge < -0.3 is 10.5 Å². The van der Waals surface area contributed by atoms with Crippen LogP contribution in [0, 0.1) is 5.41 Å². The Morgan fingerprint density at radius 3 is 2.62 bits per heavy atom. The highest BCUT2D eigenvalue weighted by atomic mass is 19.3. The molecule has 0 saturated carbocycles. The van der Waals surface area contributed by atoms with E-state index < -0.39 is 6.61 Å². The Morgan fingerprint density at radius 2 is 2.23 bits per heavy atom. The van der Waals surface area contributed by atoms with Gasteiger partial charge in [0.15, 0.2) is 0 Å². The van der Waals surface area contributed by atoms with E-state index in [1.54, 1.807) is 0 Å². The molecular formula is C7H7F2N3O. The third-order valence-electron chi connectivity index (χ3n) is 1.24. The number of nitrogens with two attached hydrogens (primary N) is 1. The maximum Gasteiger partial charge on any atom is 0.387 e. The number of ether oxygens (including phenoxy) is 1. The molecule has 6 heteroatoms. The van der Waals surface area contributed by atoms with Gasteiger partial charge in [0.25, 0.3) is 0 Å². The molecule has 0 bridgehead atoms. The van der Waals surface area contributed by atoms with Crippen LogP contribution in [0.5, 0.6) is 5.75 Å². The molecule has 70 valence electrons. The number of alkyl halides is 2. The van der Waals surface area contributed by atoms with E-state index in [4.69, 9.17) is 11.1 Å². The Labute approximate surface area is 72.9 Å². The standard InChI is InChI=1S/C7H7F2N3O/c8-7(9)13-4-1-2-5(6(10)11)12-3-4/h1-3,7H,(H3,10,11). The molecule has 0 fully saturated rings. The fraction of sp³-hybridized carbons (Fsp3) is 0.143. The van der Waals surface area contributed by atoms with E-state index in [-0.39, 0.29) is 17.3 Å². The smallest absolute Gasteiger partial charge is 0.387 e. The second-order valence-electron chi connectivity index (χ2n) is 2.17. The number of nitrogens with one attached hydrogen (secondary N) is 1. The van der Waals surface area contributed by atoms with Crippen molar-refractivity contribution in [2.75, 3.05) is 0 Å². The van der Waals surface area contributed by atoms with Gasteiger partial charge in [0.1, 0.15) is 17.3 Å². The van der Waals surface area contributed by atoms with Gasteiger partial charge in [0.05, 0.1) is 6.20 Å². The van der Waals surface area contributed by atoms with Crippen molar-refractivity contribution < 1.29 is 13.5 Å². The number of pyridine rings is 1. The highest BCUT2D eigenvalue weighted by Crippen LogP contribution is 2.11. The number of rotatable bonds is 3. The first-order valence-electron chi connectivity index (χ1n) is 3.35. The number of nitrogens with zero attached hydrogens (tertiary/aromatic N) is 1. The maximum atomic E-state index is 11.7. The van der Waals surface area contributed by atoms with E-state index in [1.165, 1.54) is 12.1 Å². The number of nitrogen functional groups attached to an aromatic ring is 1. The summed E-state index contributed by atoms with van der Waals surface area (Å²) in [4.78, 5) is 3.62. The molecule has 0 unspecified atom stereocenters. The third kappa shape index (κ3) is 2.66. The van der Waals surface area contributed by atoms with E-state index in [0.29, 0.717) is 0 Å². The lowest BCUT2D eigenvalue weighted by Crippen LogP contribution is -2.13. The molecule has 13 heavy (non-hydrogen) atoms. The summed E-state index contributed by atoms with van der Waals surface area (Å²) in [6, 6.07) is 2.61. The Bertz CT molecular complexity index is 299. The molecule has 0 aliphatic carbocycles. The Balaban J connectivity index is 2.75. The minimum Gasteiger partial charge on any atom is -0.433 e. The molecule has 1 aromatic rings. The van der Waals surface area contributed by atoms with Gasteiger partial charge in [-0.05, 0) is 12.1 Å². The van der Waals surface area contributed by atoms with Crippen molar-refractivity contribution >= 4 is 5.84 Å². The van der Waals surface area contributed by atoms with E-state index >= 15 is 0 Å². The van der Waals surface area contributed by atoms with Crippen LogP contribution in [0.3, 0.4) is 0 Å². The second kappa shape index (κ2) is 3.79. The SMILES string of the molecule is N=C(N)c1ccc(OC(F)F)cn1. The van der Waals surface area contributed by atoms with Gasteiger partial charge in [-0.2, -0.15) is 8.78 Å². The first-order valence-corrected chi connectivity index (χ1v) is 3.35.